The van der Waals surface area contributed by atoms with E-state index in [2.05, 4.69) is 9.88 Å². The molecule has 1 atom stereocenters. The van der Waals surface area contributed by atoms with Crippen LogP contribution in [0.25, 0.3) is 10.9 Å². The quantitative estimate of drug-likeness (QED) is 0.718. The molecule has 1 aliphatic heterocycles. The largest absolute Gasteiger partial charge is 0.393 e. The van der Waals surface area contributed by atoms with E-state index in [9.17, 15) is 9.90 Å². The molecule has 2 heterocycles. The van der Waals surface area contributed by atoms with E-state index >= 15 is 0 Å². The van der Waals surface area contributed by atoms with Gasteiger partial charge in [0, 0.05) is 35.8 Å². The average Bonchev–Trinajstić information content (AvgIpc) is 3.08. The molecule has 1 fully saturated rings. The lowest BCUT2D eigenvalue weighted by Gasteiger charge is -2.35. The maximum absolute atomic E-state index is 13.5. The Bertz CT molecular complexity index is 864. The zero-order chi connectivity index (χ0) is 17.2. The number of piperidine rings is 1. The zero-order valence-electron chi connectivity index (χ0n) is 14.1. The van der Waals surface area contributed by atoms with Crippen molar-refractivity contribution in [1.29, 1.82) is 0 Å². The number of aromatic amines is 1. The van der Waals surface area contributed by atoms with Gasteiger partial charge in [-0.1, -0.05) is 48.5 Å². The molecular formula is C21H22N2O2. The first-order chi connectivity index (χ1) is 12.2. The fourth-order valence-corrected chi connectivity index (χ4v) is 3.73. The number of carbonyl (C=O) groups excluding carboxylic acids is 1. The van der Waals surface area contributed by atoms with Gasteiger partial charge in [0.1, 0.15) is 0 Å². The summed E-state index contributed by atoms with van der Waals surface area (Å²) >= 11 is 0. The number of aliphatic hydroxyl groups is 1. The monoisotopic (exact) mass is 334 g/mol. The SMILES string of the molecule is O=C(c1c[nH]c2ccccc12)[C@@H](c1ccccc1)N1CCC(O)CC1. The Balaban J connectivity index is 1.73. The Morgan fingerprint density at radius 2 is 1.72 bits per heavy atom. The topological polar surface area (TPSA) is 56.3 Å². The molecule has 4 nitrogen and oxygen atoms in total. The molecule has 2 aromatic carbocycles. The molecule has 1 saturated heterocycles. The van der Waals surface area contributed by atoms with E-state index in [0.717, 1.165) is 35.1 Å². The number of nitrogens with one attached hydrogen (secondary N) is 1. The lowest BCUT2D eigenvalue weighted by atomic mass is 9.93. The van der Waals surface area contributed by atoms with Crippen molar-refractivity contribution in [2.24, 2.45) is 0 Å². The van der Waals surface area contributed by atoms with Gasteiger partial charge in [-0.25, -0.2) is 0 Å². The third kappa shape index (κ3) is 3.11. The van der Waals surface area contributed by atoms with E-state index < -0.39 is 0 Å². The van der Waals surface area contributed by atoms with Crippen molar-refractivity contribution in [2.75, 3.05) is 13.1 Å². The second-order valence-electron chi connectivity index (χ2n) is 6.69. The molecular weight excluding hydrogens is 312 g/mol. The first-order valence-electron chi connectivity index (χ1n) is 8.81. The first-order valence-corrected chi connectivity index (χ1v) is 8.81. The zero-order valence-corrected chi connectivity index (χ0v) is 14.1. The number of Topliss-reactive ketones (excluding diaryl/α,β-unsaturated/α-hetero) is 1. The molecule has 0 bridgehead atoms. The number of rotatable bonds is 4. The normalized spacial score (nSPS) is 17.6. The van der Waals surface area contributed by atoms with Crippen LogP contribution in [-0.4, -0.2) is 40.0 Å². The predicted octanol–water partition coefficient (Wildman–Crippen LogP) is 3.55. The van der Waals surface area contributed by atoms with Crippen LogP contribution in [0.4, 0.5) is 0 Å². The number of benzene rings is 2. The molecule has 128 valence electrons. The van der Waals surface area contributed by atoms with Crippen LogP contribution >= 0.6 is 0 Å². The van der Waals surface area contributed by atoms with Crippen molar-refractivity contribution >= 4 is 16.7 Å². The van der Waals surface area contributed by atoms with Gasteiger partial charge in [0.25, 0.3) is 0 Å². The average molecular weight is 334 g/mol. The lowest BCUT2D eigenvalue weighted by Crippen LogP contribution is -2.41. The van der Waals surface area contributed by atoms with Gasteiger partial charge in [-0.05, 0) is 24.5 Å². The number of likely N-dealkylation sites (tertiary alicyclic amines) is 1. The van der Waals surface area contributed by atoms with E-state index in [4.69, 9.17) is 0 Å². The van der Waals surface area contributed by atoms with Gasteiger partial charge in [-0.15, -0.1) is 0 Å². The number of fused-ring (bicyclic) bond motifs is 1. The van der Waals surface area contributed by atoms with Crippen LogP contribution in [0.5, 0.6) is 0 Å². The van der Waals surface area contributed by atoms with Gasteiger partial charge in [-0.2, -0.15) is 0 Å². The molecule has 0 saturated carbocycles. The maximum atomic E-state index is 13.5. The van der Waals surface area contributed by atoms with Crippen LogP contribution in [0.2, 0.25) is 0 Å². The maximum Gasteiger partial charge on any atom is 0.186 e. The van der Waals surface area contributed by atoms with Gasteiger partial charge in [0.15, 0.2) is 5.78 Å². The fraction of sp³-hybridized carbons (Fsp3) is 0.286. The molecule has 0 spiro atoms. The Kier molecular flexibility index (Phi) is 4.38. The molecule has 2 N–H and O–H groups in total. The number of hydrogen-bond acceptors (Lipinski definition) is 3. The second kappa shape index (κ2) is 6.82. The van der Waals surface area contributed by atoms with Crippen LogP contribution in [0.1, 0.15) is 34.8 Å². The van der Waals surface area contributed by atoms with E-state index in [-0.39, 0.29) is 17.9 Å². The van der Waals surface area contributed by atoms with E-state index in [1.807, 2.05) is 60.8 Å². The fourth-order valence-electron chi connectivity index (χ4n) is 3.73. The van der Waals surface area contributed by atoms with Gasteiger partial charge >= 0.3 is 0 Å². The summed E-state index contributed by atoms with van der Waals surface area (Å²) in [5, 5.41) is 10.8. The summed E-state index contributed by atoms with van der Waals surface area (Å²) in [5.74, 6) is 0.111. The summed E-state index contributed by atoms with van der Waals surface area (Å²) in [4.78, 5) is 18.9. The van der Waals surface area contributed by atoms with Crippen molar-refractivity contribution in [3.05, 3.63) is 71.9 Å². The molecule has 1 aliphatic rings. The van der Waals surface area contributed by atoms with Gasteiger partial charge in [0.2, 0.25) is 0 Å². The van der Waals surface area contributed by atoms with Crippen LogP contribution in [0.15, 0.2) is 60.8 Å². The van der Waals surface area contributed by atoms with E-state index in [0.29, 0.717) is 12.8 Å². The first kappa shape index (κ1) is 16.1. The molecule has 25 heavy (non-hydrogen) atoms. The lowest BCUT2D eigenvalue weighted by molar-refractivity contribution is 0.0513. The standard InChI is InChI=1S/C21H22N2O2/c24-16-10-12-23(13-11-16)20(15-6-2-1-3-7-15)21(25)18-14-22-19-9-5-4-8-17(18)19/h1-9,14,16,20,22,24H,10-13H2/t20-/m1/s1. The minimum atomic E-state index is -0.312. The highest BCUT2D eigenvalue weighted by Gasteiger charge is 2.32. The Morgan fingerprint density at radius 1 is 1.04 bits per heavy atom. The van der Waals surface area contributed by atoms with Gasteiger partial charge in [-0.3, -0.25) is 9.69 Å². The summed E-state index contributed by atoms with van der Waals surface area (Å²) in [6, 6.07) is 17.5. The summed E-state index contributed by atoms with van der Waals surface area (Å²) in [6.45, 7) is 1.46. The van der Waals surface area contributed by atoms with Crippen LogP contribution in [0.3, 0.4) is 0 Å². The molecule has 4 rings (SSSR count). The van der Waals surface area contributed by atoms with Crippen LogP contribution in [-0.2, 0) is 0 Å². The molecule has 3 aromatic rings. The number of para-hydroxylation sites is 1. The number of nitrogens with zero attached hydrogens (tertiary/aromatic N) is 1. The van der Waals surface area contributed by atoms with Gasteiger partial charge in [0.05, 0.1) is 12.1 Å². The summed E-state index contributed by atoms with van der Waals surface area (Å²) in [6.07, 6.45) is 2.99. The smallest absolute Gasteiger partial charge is 0.186 e. The number of ketones is 1. The van der Waals surface area contributed by atoms with E-state index in [1.54, 1.807) is 0 Å². The summed E-state index contributed by atoms with van der Waals surface area (Å²) in [7, 11) is 0. The third-order valence-corrected chi connectivity index (χ3v) is 5.08. The molecule has 0 unspecified atom stereocenters. The molecule has 0 radical (unpaired) electrons. The van der Waals surface area contributed by atoms with Crippen molar-refractivity contribution in [3.63, 3.8) is 0 Å². The van der Waals surface area contributed by atoms with Crippen molar-refractivity contribution in [3.8, 4) is 0 Å². The Labute approximate surface area is 147 Å². The second-order valence-corrected chi connectivity index (χ2v) is 6.69. The number of H-pyrrole nitrogens is 1. The number of hydrogen-bond donors (Lipinski definition) is 2. The van der Waals surface area contributed by atoms with E-state index in [1.165, 1.54) is 0 Å². The molecule has 0 aliphatic carbocycles. The third-order valence-electron chi connectivity index (χ3n) is 5.08. The molecule has 4 heteroatoms. The van der Waals surface area contributed by atoms with Gasteiger partial charge < -0.3 is 10.1 Å². The van der Waals surface area contributed by atoms with Crippen molar-refractivity contribution < 1.29 is 9.90 Å². The highest BCUT2D eigenvalue weighted by atomic mass is 16.3. The van der Waals surface area contributed by atoms with Crippen molar-refractivity contribution in [1.82, 2.24) is 9.88 Å². The van der Waals surface area contributed by atoms with Crippen LogP contribution < -0.4 is 0 Å². The van der Waals surface area contributed by atoms with Crippen molar-refractivity contribution in [2.45, 2.75) is 25.0 Å². The van der Waals surface area contributed by atoms with Crippen LogP contribution in [0, 0.1) is 0 Å². The number of aliphatic hydroxyl groups excluding tert-OH is 1. The minimum absolute atomic E-state index is 0.111. The minimum Gasteiger partial charge on any atom is -0.393 e. The number of aromatic nitrogens is 1. The Hall–Kier alpha value is -2.43. The number of carbonyl (C=O) groups is 1. The highest BCUT2D eigenvalue weighted by Crippen LogP contribution is 2.30. The summed E-state index contributed by atoms with van der Waals surface area (Å²) < 4.78 is 0. The molecule has 1 aromatic heterocycles. The highest BCUT2D eigenvalue weighted by molar-refractivity contribution is 6.10. The summed E-state index contributed by atoms with van der Waals surface area (Å²) in [5.41, 5.74) is 2.72. The predicted molar refractivity (Wildman–Crippen MR) is 98.6 cm³/mol. The Morgan fingerprint density at radius 3 is 2.48 bits per heavy atom. The molecule has 0 amide bonds.